The van der Waals surface area contributed by atoms with E-state index in [0.29, 0.717) is 55.6 Å². The number of hydrogen-bond donors (Lipinski definition) is 0. The fraction of sp³-hybridized carbons (Fsp3) is 0.284. The molecule has 12 aromatic rings. The minimum atomic E-state index is -2.26. The number of benzene rings is 8. The Morgan fingerprint density at radius 1 is 0.307 bits per heavy atom. The molecule has 0 unspecified atom stereocenters. The number of nitrogens with zero attached hydrogens (tertiary/aromatic N) is 4. The Morgan fingerprint density at radius 2 is 0.614 bits per heavy atom. The van der Waals surface area contributed by atoms with Crippen LogP contribution in [0.5, 0.6) is 0 Å². The summed E-state index contributed by atoms with van der Waals surface area (Å²) in [5, 5.41) is 2.01. The maximum absolute atomic E-state index is 9.12. The summed E-state index contributed by atoms with van der Waals surface area (Å²) in [5.74, 6) is 0. The molecule has 0 saturated carbocycles. The van der Waals surface area contributed by atoms with Crippen molar-refractivity contribution in [2.45, 2.75) is 149 Å². The molecule has 0 aliphatic carbocycles. The summed E-state index contributed by atoms with van der Waals surface area (Å²) in [6.07, 6.45) is 6.17. The van der Waals surface area contributed by atoms with Crippen molar-refractivity contribution >= 4 is 26.5 Å². The summed E-state index contributed by atoms with van der Waals surface area (Å²) in [6.45, 7) is 17.2. The van der Waals surface area contributed by atoms with E-state index in [-0.39, 0.29) is 0 Å². The van der Waals surface area contributed by atoms with Crippen LogP contribution in [-0.2, 0) is 34.6 Å². The summed E-state index contributed by atoms with van der Waals surface area (Å²) >= 11 is 0. The second kappa shape index (κ2) is 31.8. The van der Waals surface area contributed by atoms with E-state index in [0.717, 1.165) is 111 Å². The molecule has 0 bridgehead atoms. The third-order valence-corrected chi connectivity index (χ3v) is 22.4. The average Bonchev–Trinajstić information content (AvgIpc) is 0.747. The molecule has 0 amide bonds. The predicted octanol–water partition coefficient (Wildman–Crippen LogP) is 21.8. The number of pyridine rings is 4. The van der Waals surface area contributed by atoms with E-state index in [9.17, 15) is 0 Å². The zero-order chi connectivity index (χ0) is 90.4. The first-order valence-electron chi connectivity index (χ1n) is 44.5. The molecule has 8 aromatic carbocycles. The molecule has 0 aliphatic rings. The van der Waals surface area contributed by atoms with Crippen molar-refractivity contribution in [2.24, 2.45) is 33.6 Å². The summed E-state index contributed by atoms with van der Waals surface area (Å²) in [4.78, 5) is 0. The lowest BCUT2D eigenvalue weighted by Crippen LogP contribution is -2.47. The van der Waals surface area contributed by atoms with Crippen LogP contribution in [0.15, 0.2) is 225 Å². The minimum absolute atomic E-state index is 0.294. The number of aromatic nitrogens is 4. The van der Waals surface area contributed by atoms with Crippen molar-refractivity contribution in [3.8, 4) is 89.5 Å². The Morgan fingerprint density at radius 3 is 0.941 bits per heavy atom. The molecular weight excluding hydrogens is 1250 g/mol. The van der Waals surface area contributed by atoms with Crippen LogP contribution in [0.1, 0.15) is 121 Å². The molecular formula is C95H114N4Si2+4. The van der Waals surface area contributed by atoms with Crippen molar-refractivity contribution in [2.75, 3.05) is 0 Å². The van der Waals surface area contributed by atoms with Crippen LogP contribution < -0.4 is 28.6 Å². The van der Waals surface area contributed by atoms with E-state index in [1.165, 1.54) is 5.56 Å². The molecule has 4 nitrogen and oxygen atoms in total. The standard InChI is InChI=1S/C28H38NSi.C24H30NSi.C22H24N.C21H22N/c1-20-15-21(2)25(17-24(20)22-13-11-10-12-14-22)26-16-23(18-28(3,4)5)27(19-29(26)6)30(7,8)9;1-17-13-18(2)22(15-21(17)20-11-9-8-10-12-20)23-14-19(3)24(16-25(23)4)26(5,6)7;1-15-12-22(23(5)14-18(15)4)21-13-20(16(2)11-17(21)3)19-9-7-6-8-10-19;1-15-10-11-22(4)21(12-15)20-14-19(16(2)13-17(20)3)18-8-6-5-7-9-18/h10-17,19H,18H2,1-9H3;8-16H,1-7H3;6-14H,1-5H3;5-14H,1-4H3/q4*+1/i1D3,18D2;1D3,3D3;2D3,4D3;2D3. The van der Waals surface area contributed by atoms with Crippen molar-refractivity contribution < 1.29 is 45.7 Å². The molecule has 518 valence electrons. The zero-order valence-corrected chi connectivity index (χ0v) is 64.7. The molecule has 0 atom stereocenters. The van der Waals surface area contributed by atoms with Crippen molar-refractivity contribution in [3.63, 3.8) is 0 Å². The van der Waals surface area contributed by atoms with E-state index in [4.69, 9.17) is 27.4 Å². The van der Waals surface area contributed by atoms with Crippen LogP contribution in [0, 0.1) is 88.1 Å². The minimum Gasteiger partial charge on any atom is -0.201 e. The second-order valence-corrected chi connectivity index (χ2v) is 40.0. The first kappa shape index (κ1) is 52.7. The van der Waals surface area contributed by atoms with E-state index >= 15 is 0 Å². The lowest BCUT2D eigenvalue weighted by atomic mass is 9.87. The lowest BCUT2D eigenvalue weighted by molar-refractivity contribution is -0.660. The van der Waals surface area contributed by atoms with Gasteiger partial charge in [0.05, 0.1) is 16.1 Å². The van der Waals surface area contributed by atoms with Gasteiger partial charge in [0.25, 0.3) is 0 Å². The Labute approximate surface area is 639 Å². The highest BCUT2D eigenvalue weighted by atomic mass is 28.3. The first-order chi connectivity index (χ1) is 55.6. The van der Waals surface area contributed by atoms with Crippen LogP contribution in [0.25, 0.3) is 89.5 Å². The fourth-order valence-corrected chi connectivity index (χ4v) is 15.8. The lowest BCUT2D eigenvalue weighted by Gasteiger charge is -2.25. The molecule has 101 heavy (non-hydrogen) atoms. The van der Waals surface area contributed by atoms with Gasteiger partial charge < -0.3 is 0 Å². The monoisotopic (exact) mass is 1390 g/mol. The number of hydrogen-bond acceptors (Lipinski definition) is 0. The van der Waals surface area contributed by atoms with Gasteiger partial charge in [0.15, 0.2) is 24.8 Å². The second-order valence-electron chi connectivity index (χ2n) is 30.0. The highest BCUT2D eigenvalue weighted by Gasteiger charge is 2.30. The quantitative estimate of drug-likeness (QED) is 0.0906. The Kier molecular flexibility index (Phi) is 16.6. The van der Waals surface area contributed by atoms with Gasteiger partial charge in [-0.1, -0.05) is 206 Å². The highest BCUT2D eigenvalue weighted by molar-refractivity contribution is 6.89. The zero-order valence-electron chi connectivity index (χ0n) is 82.7. The molecule has 0 saturated heterocycles. The molecule has 0 fully saturated rings. The van der Waals surface area contributed by atoms with Gasteiger partial charge in [-0.25, -0.2) is 18.3 Å². The van der Waals surface area contributed by atoms with Crippen molar-refractivity contribution in [1.29, 1.82) is 0 Å². The fourth-order valence-electron chi connectivity index (χ4n) is 12.9. The van der Waals surface area contributed by atoms with Gasteiger partial charge in [-0.15, -0.1) is 0 Å². The van der Waals surface area contributed by atoms with Gasteiger partial charge in [0.1, 0.15) is 28.2 Å². The molecule has 0 radical (unpaired) electrons. The number of rotatable bonds is 11. The van der Waals surface area contributed by atoms with Crippen LogP contribution in [0.2, 0.25) is 39.3 Å². The SMILES string of the molecule is [2H]C([2H])([2H])c1c[n+](C)c(-c2cc(-c3ccccc3)c(C([2H])([2H])[2H])cc2C)cc1C.[2H]C([2H])([2H])c1cc(C)c(-c2cc(C([2H])([2H])C(C)(C)C)c([Si](C)(C)C)c[n+]2C)cc1-c1ccccc1.[2H]C([2H])([2H])c1cc(C)c(-c2cc(C([2H])([2H])[2H])c([Si](C)(C)C)c[n+]2C)cc1-c1ccccc1.[2H]C([2H])([2H])c1cc(C)c(-c2cc(C)cc[n+]2C)cc1-c1ccccc1. The molecule has 4 aromatic heterocycles. The van der Waals surface area contributed by atoms with Gasteiger partial charge in [-0.05, 0) is 230 Å². The van der Waals surface area contributed by atoms with Crippen molar-refractivity contribution in [3.05, 3.63) is 297 Å². The van der Waals surface area contributed by atoms with E-state index < -0.39 is 69.0 Å². The van der Waals surface area contributed by atoms with Crippen LogP contribution in [0.4, 0.5) is 0 Å². The molecule has 0 N–H and O–H groups in total. The summed E-state index contributed by atoms with van der Waals surface area (Å²) < 4.78 is 170. The molecule has 0 aliphatic heterocycles. The Hall–Kier alpha value is -9.21. The summed E-state index contributed by atoms with van der Waals surface area (Å²) in [5.41, 5.74) is 20.8. The van der Waals surface area contributed by atoms with Crippen LogP contribution in [0.3, 0.4) is 0 Å². The predicted molar refractivity (Wildman–Crippen MR) is 440 cm³/mol. The molecule has 6 heteroatoms. The smallest absolute Gasteiger partial charge is 0.201 e. The third-order valence-electron chi connectivity index (χ3n) is 18.4. The van der Waals surface area contributed by atoms with Gasteiger partial charge in [-0.3, -0.25) is 0 Å². The number of aryl methyl sites for hydroxylation is 16. The highest BCUT2D eigenvalue weighted by Crippen LogP contribution is 2.37. The average molecular weight is 1390 g/mol. The first-order valence-corrected chi connectivity index (χ1v) is 41.5. The Bertz CT molecular complexity index is 5750. The molecule has 12 rings (SSSR count). The van der Waals surface area contributed by atoms with Gasteiger partial charge in [0, 0.05) is 95.9 Å². The van der Waals surface area contributed by atoms with Gasteiger partial charge >= 0.3 is 0 Å². The maximum atomic E-state index is 9.12. The van der Waals surface area contributed by atoms with E-state index in [1.807, 2.05) is 257 Å². The Balaban J connectivity index is 0.000000185. The van der Waals surface area contributed by atoms with Crippen LogP contribution >= 0.6 is 0 Å². The van der Waals surface area contributed by atoms with E-state index in [2.05, 4.69) is 73.7 Å². The van der Waals surface area contributed by atoms with Gasteiger partial charge in [0.2, 0.25) is 22.8 Å². The maximum Gasteiger partial charge on any atom is 0.212 e. The van der Waals surface area contributed by atoms with Crippen LogP contribution in [-0.4, -0.2) is 16.1 Å². The largest absolute Gasteiger partial charge is 0.212 e. The summed E-state index contributed by atoms with van der Waals surface area (Å²) in [7, 11) is 3.95. The van der Waals surface area contributed by atoms with Gasteiger partial charge in [-0.2, -0.15) is 0 Å². The summed E-state index contributed by atoms with van der Waals surface area (Å²) in [6, 6.07) is 62.8. The third kappa shape index (κ3) is 18.5. The van der Waals surface area contributed by atoms with E-state index in [1.54, 1.807) is 42.0 Å². The normalized spacial score (nSPS) is 15.3. The molecule has 4 heterocycles. The topological polar surface area (TPSA) is 15.5 Å². The van der Waals surface area contributed by atoms with Crippen molar-refractivity contribution in [1.82, 2.24) is 0 Å². The molecule has 0 spiro atoms.